The molecule has 0 spiro atoms. The first-order valence-corrected chi connectivity index (χ1v) is 8.56. The van der Waals surface area contributed by atoms with Gasteiger partial charge in [0, 0.05) is 37.3 Å². The highest BCUT2D eigenvalue weighted by atomic mass is 35.5. The number of piperazine rings is 1. The van der Waals surface area contributed by atoms with Gasteiger partial charge < -0.3 is 0 Å². The van der Waals surface area contributed by atoms with E-state index in [1.807, 2.05) is 20.9 Å². The Morgan fingerprint density at radius 2 is 1.90 bits per heavy atom. The summed E-state index contributed by atoms with van der Waals surface area (Å²) >= 11 is 5.69. The van der Waals surface area contributed by atoms with E-state index in [-0.39, 0.29) is 17.1 Å². The molecule has 2 heterocycles. The van der Waals surface area contributed by atoms with E-state index < -0.39 is 10.0 Å². The summed E-state index contributed by atoms with van der Waals surface area (Å²) in [5, 5.41) is 0.0929. The van der Waals surface area contributed by atoms with Crippen molar-refractivity contribution in [2.75, 3.05) is 20.1 Å². The molecular formula is C13H20ClN3O2S. The molecule has 7 heteroatoms. The van der Waals surface area contributed by atoms with E-state index >= 15 is 0 Å². The van der Waals surface area contributed by atoms with E-state index in [0.717, 1.165) is 5.56 Å². The number of sulfonamides is 1. The van der Waals surface area contributed by atoms with Crippen molar-refractivity contribution in [2.45, 2.75) is 36.8 Å². The summed E-state index contributed by atoms with van der Waals surface area (Å²) in [6, 6.07) is 3.61. The molecule has 0 amide bonds. The lowest BCUT2D eigenvalue weighted by Gasteiger charge is -2.41. The number of halogens is 1. The first-order chi connectivity index (χ1) is 9.36. The van der Waals surface area contributed by atoms with Crippen LogP contribution in [0.1, 0.15) is 19.4 Å². The molecule has 1 aromatic rings. The van der Waals surface area contributed by atoms with Crippen LogP contribution in [-0.2, 0) is 15.9 Å². The van der Waals surface area contributed by atoms with Gasteiger partial charge >= 0.3 is 0 Å². The zero-order valence-corrected chi connectivity index (χ0v) is 13.5. The van der Waals surface area contributed by atoms with Crippen LogP contribution in [0.5, 0.6) is 0 Å². The first kappa shape index (κ1) is 15.7. The number of alkyl halides is 1. The van der Waals surface area contributed by atoms with Crippen molar-refractivity contribution in [1.82, 2.24) is 14.2 Å². The fraction of sp³-hybridized carbons (Fsp3) is 0.615. The van der Waals surface area contributed by atoms with Crippen LogP contribution < -0.4 is 0 Å². The minimum atomic E-state index is -3.52. The van der Waals surface area contributed by atoms with E-state index in [4.69, 9.17) is 11.6 Å². The van der Waals surface area contributed by atoms with Crippen LogP contribution in [0.4, 0.5) is 0 Å². The molecule has 0 aromatic carbocycles. The number of likely N-dealkylation sites (N-methyl/N-ethyl adjacent to an activating group) is 1. The van der Waals surface area contributed by atoms with Crippen LogP contribution in [0.25, 0.3) is 0 Å². The molecule has 0 aliphatic carbocycles. The third-order valence-electron chi connectivity index (χ3n) is 3.88. The van der Waals surface area contributed by atoms with E-state index in [0.29, 0.717) is 19.0 Å². The Kier molecular flexibility index (Phi) is 4.69. The highest BCUT2D eigenvalue weighted by Crippen LogP contribution is 2.21. The summed E-state index contributed by atoms with van der Waals surface area (Å²) < 4.78 is 26.7. The molecule has 20 heavy (non-hydrogen) atoms. The van der Waals surface area contributed by atoms with Crippen molar-refractivity contribution in [3.63, 3.8) is 0 Å². The van der Waals surface area contributed by atoms with Gasteiger partial charge in [0.05, 0.1) is 0 Å². The molecule has 1 saturated heterocycles. The number of hydrogen-bond donors (Lipinski definition) is 0. The first-order valence-electron chi connectivity index (χ1n) is 6.59. The van der Waals surface area contributed by atoms with E-state index in [1.165, 1.54) is 16.6 Å². The average Bonchev–Trinajstić information content (AvgIpc) is 2.44. The molecule has 1 aliphatic heterocycles. The maximum absolute atomic E-state index is 12.6. The predicted molar refractivity (Wildman–Crippen MR) is 79.2 cm³/mol. The molecule has 0 saturated carbocycles. The monoisotopic (exact) mass is 317 g/mol. The largest absolute Gasteiger partial charge is 0.298 e. The summed E-state index contributed by atoms with van der Waals surface area (Å²) in [6.45, 7) is 5.04. The van der Waals surface area contributed by atoms with Gasteiger partial charge in [-0.05, 0) is 32.5 Å². The number of rotatable bonds is 3. The molecule has 2 rings (SSSR count). The van der Waals surface area contributed by atoms with Gasteiger partial charge in [0.2, 0.25) is 0 Å². The Labute approximate surface area is 125 Å². The minimum absolute atomic E-state index is 0.0929. The Hall–Kier alpha value is -0.690. The second-order valence-electron chi connectivity index (χ2n) is 5.32. The van der Waals surface area contributed by atoms with Crippen molar-refractivity contribution < 1.29 is 8.42 Å². The topological polar surface area (TPSA) is 53.5 Å². The van der Waals surface area contributed by atoms with Gasteiger partial charge in [0.15, 0.2) is 5.03 Å². The number of hydrogen-bond acceptors (Lipinski definition) is 4. The number of pyridine rings is 1. The third-order valence-corrected chi connectivity index (χ3v) is 5.94. The molecule has 1 fully saturated rings. The van der Waals surface area contributed by atoms with Crippen LogP contribution in [0.2, 0.25) is 0 Å². The number of aromatic nitrogens is 1. The molecule has 0 radical (unpaired) electrons. The van der Waals surface area contributed by atoms with Gasteiger partial charge in [-0.1, -0.05) is 6.07 Å². The van der Waals surface area contributed by atoms with Gasteiger partial charge in [-0.25, -0.2) is 13.4 Å². The highest BCUT2D eigenvalue weighted by Gasteiger charge is 2.34. The van der Waals surface area contributed by atoms with Gasteiger partial charge in [0.25, 0.3) is 10.0 Å². The fourth-order valence-electron chi connectivity index (χ4n) is 2.33. The van der Waals surface area contributed by atoms with Crippen molar-refractivity contribution in [1.29, 1.82) is 0 Å². The maximum Gasteiger partial charge on any atom is 0.260 e. The summed E-state index contributed by atoms with van der Waals surface area (Å²) in [4.78, 5) is 6.23. The summed E-state index contributed by atoms with van der Waals surface area (Å²) in [7, 11) is -1.50. The van der Waals surface area contributed by atoms with E-state index in [9.17, 15) is 8.42 Å². The molecule has 2 atom stereocenters. The van der Waals surface area contributed by atoms with E-state index in [2.05, 4.69) is 9.88 Å². The van der Waals surface area contributed by atoms with Gasteiger partial charge in [0.1, 0.15) is 0 Å². The van der Waals surface area contributed by atoms with Gasteiger partial charge in [-0.2, -0.15) is 4.31 Å². The normalized spacial score (nSPS) is 25.8. The smallest absolute Gasteiger partial charge is 0.260 e. The second-order valence-corrected chi connectivity index (χ2v) is 7.48. The van der Waals surface area contributed by atoms with Crippen molar-refractivity contribution in [3.05, 3.63) is 23.9 Å². The minimum Gasteiger partial charge on any atom is -0.298 e. The number of nitrogens with zero attached hydrogens (tertiary/aromatic N) is 3. The predicted octanol–water partition coefficient (Wildman–Crippen LogP) is 1.53. The summed E-state index contributed by atoms with van der Waals surface area (Å²) in [5.41, 5.74) is 0.811. The molecule has 5 nitrogen and oxygen atoms in total. The molecule has 1 aliphatic rings. The Bertz CT molecular complexity index is 549. The zero-order valence-electron chi connectivity index (χ0n) is 12.0. The van der Waals surface area contributed by atoms with Crippen LogP contribution in [0, 0.1) is 0 Å². The van der Waals surface area contributed by atoms with Crippen LogP contribution >= 0.6 is 11.6 Å². The lowest BCUT2D eigenvalue weighted by Crippen LogP contribution is -2.56. The summed E-state index contributed by atoms with van der Waals surface area (Å²) in [5.74, 6) is 0.329. The lowest BCUT2D eigenvalue weighted by atomic mass is 10.1. The van der Waals surface area contributed by atoms with Crippen LogP contribution in [-0.4, -0.2) is 54.8 Å². The second kappa shape index (κ2) is 5.97. The molecule has 1 aromatic heterocycles. The zero-order chi connectivity index (χ0) is 14.9. The Morgan fingerprint density at radius 1 is 1.30 bits per heavy atom. The molecule has 0 bridgehead atoms. The van der Waals surface area contributed by atoms with Gasteiger partial charge in [-0.3, -0.25) is 4.90 Å². The Balaban J connectivity index is 2.25. The van der Waals surface area contributed by atoms with Crippen molar-refractivity contribution in [3.8, 4) is 0 Å². The third kappa shape index (κ3) is 2.98. The fourth-order valence-corrected chi connectivity index (χ4v) is 4.00. The molecule has 2 unspecified atom stereocenters. The average molecular weight is 318 g/mol. The Morgan fingerprint density at radius 3 is 2.35 bits per heavy atom. The summed E-state index contributed by atoms with van der Waals surface area (Å²) in [6.07, 6.45) is 1.52. The van der Waals surface area contributed by atoms with Crippen LogP contribution in [0.3, 0.4) is 0 Å². The molecule has 112 valence electrons. The lowest BCUT2D eigenvalue weighted by molar-refractivity contribution is 0.105. The van der Waals surface area contributed by atoms with Crippen molar-refractivity contribution >= 4 is 21.6 Å². The van der Waals surface area contributed by atoms with E-state index in [1.54, 1.807) is 6.07 Å². The highest BCUT2D eigenvalue weighted by molar-refractivity contribution is 7.89. The quantitative estimate of drug-likeness (QED) is 0.793. The molecule has 0 N–H and O–H groups in total. The molecular weight excluding hydrogens is 298 g/mol. The maximum atomic E-state index is 12.6. The standard InChI is InChI=1S/C13H20ClN3O2S/c1-10-8-17(9-11(2)16(10)3)20(18,19)13-5-4-12(6-14)7-15-13/h4-5,7,10-11H,6,8-9H2,1-3H3. The SMILES string of the molecule is CC1CN(S(=O)(=O)c2ccc(CCl)cn2)CC(C)N1C. The van der Waals surface area contributed by atoms with Crippen LogP contribution in [0.15, 0.2) is 23.4 Å². The van der Waals surface area contributed by atoms with Crippen molar-refractivity contribution in [2.24, 2.45) is 0 Å². The van der Waals surface area contributed by atoms with Gasteiger partial charge in [-0.15, -0.1) is 11.6 Å².